The van der Waals surface area contributed by atoms with Gasteiger partial charge in [-0.1, -0.05) is 87.9 Å². The van der Waals surface area contributed by atoms with Crippen LogP contribution in [0.5, 0.6) is 0 Å². The molecule has 3 aromatic rings. The van der Waals surface area contributed by atoms with Gasteiger partial charge in [0, 0.05) is 5.92 Å². The first-order valence-electron chi connectivity index (χ1n) is 10.9. The summed E-state index contributed by atoms with van der Waals surface area (Å²) in [5.41, 5.74) is 2.18. The highest BCUT2D eigenvalue weighted by Crippen LogP contribution is 2.44. The molecule has 1 aromatic heterocycles. The fourth-order valence-electron chi connectivity index (χ4n) is 5.03. The predicted octanol–water partition coefficient (Wildman–Crippen LogP) is 6.25. The minimum Gasteiger partial charge on any atom is -0.413 e. The van der Waals surface area contributed by atoms with Crippen molar-refractivity contribution in [2.45, 2.75) is 52.0 Å². The lowest BCUT2D eigenvalue weighted by Gasteiger charge is -2.36. The standard InChI is InChI=1S/C26H31NO2/c1-18(2)22-15-14-19(3)16-23(22)24-17-27(26(28)29-24)25(20-10-6-4-7-11-20)21-12-8-5-9-13-21/h4-13,17-19,22-23,25H,14-16H2,1-3H3. The molecule has 1 heterocycles. The van der Waals surface area contributed by atoms with E-state index in [1.807, 2.05) is 42.6 Å². The van der Waals surface area contributed by atoms with Crippen LogP contribution in [0.2, 0.25) is 0 Å². The zero-order chi connectivity index (χ0) is 20.4. The largest absolute Gasteiger partial charge is 0.419 e. The van der Waals surface area contributed by atoms with Crippen molar-refractivity contribution in [1.29, 1.82) is 0 Å². The highest BCUT2D eigenvalue weighted by atomic mass is 16.4. The van der Waals surface area contributed by atoms with Crippen molar-refractivity contribution in [1.82, 2.24) is 4.57 Å². The van der Waals surface area contributed by atoms with Gasteiger partial charge in [-0.3, -0.25) is 4.57 Å². The Kier molecular flexibility index (Phi) is 5.75. The Balaban J connectivity index is 1.78. The minimum absolute atomic E-state index is 0.180. The summed E-state index contributed by atoms with van der Waals surface area (Å²) in [5, 5.41) is 0. The van der Waals surface area contributed by atoms with Crippen molar-refractivity contribution < 1.29 is 4.42 Å². The van der Waals surface area contributed by atoms with Crippen molar-refractivity contribution in [3.63, 3.8) is 0 Å². The van der Waals surface area contributed by atoms with Gasteiger partial charge in [-0.2, -0.15) is 0 Å². The van der Waals surface area contributed by atoms with E-state index >= 15 is 0 Å². The van der Waals surface area contributed by atoms with Gasteiger partial charge in [-0.15, -0.1) is 0 Å². The Morgan fingerprint density at radius 2 is 1.52 bits per heavy atom. The monoisotopic (exact) mass is 389 g/mol. The molecule has 0 amide bonds. The third kappa shape index (κ3) is 4.10. The number of oxazole rings is 1. The molecule has 0 radical (unpaired) electrons. The number of rotatable bonds is 5. The maximum atomic E-state index is 13.0. The molecule has 3 heteroatoms. The van der Waals surface area contributed by atoms with Gasteiger partial charge in [0.2, 0.25) is 0 Å². The van der Waals surface area contributed by atoms with Crippen LogP contribution in [0.4, 0.5) is 0 Å². The van der Waals surface area contributed by atoms with E-state index < -0.39 is 0 Å². The molecule has 1 fully saturated rings. The summed E-state index contributed by atoms with van der Waals surface area (Å²) in [6, 6.07) is 20.2. The highest BCUT2D eigenvalue weighted by Gasteiger charge is 2.35. The predicted molar refractivity (Wildman–Crippen MR) is 117 cm³/mol. The van der Waals surface area contributed by atoms with Crippen LogP contribution in [0.3, 0.4) is 0 Å². The van der Waals surface area contributed by atoms with Crippen molar-refractivity contribution in [2.75, 3.05) is 0 Å². The first-order valence-corrected chi connectivity index (χ1v) is 10.9. The van der Waals surface area contributed by atoms with Crippen LogP contribution in [0.25, 0.3) is 0 Å². The third-order valence-electron chi connectivity index (χ3n) is 6.58. The van der Waals surface area contributed by atoms with Gasteiger partial charge in [0.05, 0.1) is 12.2 Å². The molecule has 1 saturated carbocycles. The lowest BCUT2D eigenvalue weighted by Crippen LogP contribution is -2.25. The molecule has 0 aliphatic heterocycles. The van der Waals surface area contributed by atoms with Crippen LogP contribution < -0.4 is 5.76 Å². The minimum atomic E-state index is -0.265. The average molecular weight is 390 g/mol. The number of hydrogen-bond donors (Lipinski definition) is 0. The van der Waals surface area contributed by atoms with Gasteiger partial charge in [0.25, 0.3) is 0 Å². The molecular formula is C26H31NO2. The van der Waals surface area contributed by atoms with Crippen molar-refractivity contribution in [3.8, 4) is 0 Å². The molecule has 3 atom stereocenters. The molecule has 3 unspecified atom stereocenters. The van der Waals surface area contributed by atoms with E-state index in [-0.39, 0.29) is 11.8 Å². The van der Waals surface area contributed by atoms with Crippen LogP contribution in [-0.4, -0.2) is 4.57 Å². The Bertz CT molecular complexity index is 931. The van der Waals surface area contributed by atoms with Crippen LogP contribution >= 0.6 is 0 Å². The Hall–Kier alpha value is -2.55. The molecule has 1 aliphatic carbocycles. The maximum Gasteiger partial charge on any atom is 0.419 e. The zero-order valence-corrected chi connectivity index (χ0v) is 17.6. The quantitative estimate of drug-likeness (QED) is 0.516. The van der Waals surface area contributed by atoms with Crippen molar-refractivity contribution in [3.05, 3.63) is 94.3 Å². The molecular weight excluding hydrogens is 358 g/mol. The smallest absolute Gasteiger partial charge is 0.413 e. The van der Waals surface area contributed by atoms with Gasteiger partial charge < -0.3 is 4.42 Å². The summed E-state index contributed by atoms with van der Waals surface area (Å²) in [6.45, 7) is 6.90. The molecule has 152 valence electrons. The maximum absolute atomic E-state index is 13.0. The van der Waals surface area contributed by atoms with Gasteiger partial charge in [0.1, 0.15) is 5.76 Å². The molecule has 0 spiro atoms. The van der Waals surface area contributed by atoms with E-state index in [1.54, 1.807) is 4.57 Å². The second-order valence-electron chi connectivity index (χ2n) is 8.96. The SMILES string of the molecule is CC1CCC(C(C)C)C(c2cn(C(c3ccccc3)c3ccccc3)c(=O)o2)C1. The summed E-state index contributed by atoms with van der Waals surface area (Å²) in [7, 11) is 0. The molecule has 0 saturated heterocycles. The molecule has 3 nitrogen and oxygen atoms in total. The lowest BCUT2D eigenvalue weighted by molar-refractivity contribution is 0.177. The third-order valence-corrected chi connectivity index (χ3v) is 6.58. The Labute approximate surface area is 173 Å². The average Bonchev–Trinajstić information content (AvgIpc) is 3.11. The van der Waals surface area contributed by atoms with Crippen LogP contribution in [-0.2, 0) is 0 Å². The van der Waals surface area contributed by atoms with Crippen LogP contribution in [0.1, 0.15) is 68.9 Å². The van der Waals surface area contributed by atoms with E-state index in [0.29, 0.717) is 23.7 Å². The highest BCUT2D eigenvalue weighted by molar-refractivity contribution is 5.33. The molecule has 1 aliphatic rings. The summed E-state index contributed by atoms with van der Waals surface area (Å²) in [5.74, 6) is 2.73. The zero-order valence-electron chi connectivity index (χ0n) is 17.6. The topological polar surface area (TPSA) is 35.1 Å². The van der Waals surface area contributed by atoms with E-state index in [9.17, 15) is 4.79 Å². The molecule has 0 N–H and O–H groups in total. The normalized spacial score (nSPS) is 22.3. The summed E-state index contributed by atoms with van der Waals surface area (Å²) >= 11 is 0. The van der Waals surface area contributed by atoms with Gasteiger partial charge >= 0.3 is 5.76 Å². The Morgan fingerprint density at radius 1 is 0.931 bits per heavy atom. The van der Waals surface area contributed by atoms with Gasteiger partial charge in [-0.25, -0.2) is 4.79 Å². The second kappa shape index (κ2) is 8.44. The van der Waals surface area contributed by atoms with Gasteiger partial charge in [0.15, 0.2) is 0 Å². The van der Waals surface area contributed by atoms with Crippen molar-refractivity contribution >= 4 is 0 Å². The number of benzene rings is 2. The molecule has 4 rings (SSSR count). The number of aromatic nitrogens is 1. The van der Waals surface area contributed by atoms with E-state index in [2.05, 4.69) is 45.0 Å². The molecule has 0 bridgehead atoms. The fraction of sp³-hybridized carbons (Fsp3) is 0.423. The number of nitrogens with zero attached hydrogens (tertiary/aromatic N) is 1. The second-order valence-corrected chi connectivity index (χ2v) is 8.96. The fourth-order valence-corrected chi connectivity index (χ4v) is 5.03. The van der Waals surface area contributed by atoms with E-state index in [4.69, 9.17) is 4.42 Å². The number of hydrogen-bond acceptors (Lipinski definition) is 2. The van der Waals surface area contributed by atoms with Crippen LogP contribution in [0, 0.1) is 17.8 Å². The summed E-state index contributed by atoms with van der Waals surface area (Å²) in [6.07, 6.45) is 5.56. The van der Waals surface area contributed by atoms with Gasteiger partial charge in [-0.05, 0) is 41.7 Å². The first kappa shape index (κ1) is 19.8. The molecule has 2 aromatic carbocycles. The summed E-state index contributed by atoms with van der Waals surface area (Å²) in [4.78, 5) is 13.0. The molecule has 29 heavy (non-hydrogen) atoms. The van der Waals surface area contributed by atoms with E-state index in [0.717, 1.165) is 23.3 Å². The van der Waals surface area contributed by atoms with E-state index in [1.165, 1.54) is 12.8 Å². The van der Waals surface area contributed by atoms with Crippen LogP contribution in [0.15, 0.2) is 76.1 Å². The summed E-state index contributed by atoms with van der Waals surface area (Å²) < 4.78 is 7.70. The first-order chi connectivity index (χ1) is 14.0. The van der Waals surface area contributed by atoms with Crippen molar-refractivity contribution in [2.24, 2.45) is 17.8 Å². The Morgan fingerprint density at radius 3 is 2.07 bits per heavy atom. The lowest BCUT2D eigenvalue weighted by atomic mass is 9.69.